The lowest BCUT2D eigenvalue weighted by atomic mass is 10.1. The quantitative estimate of drug-likeness (QED) is 0.113. The molecule has 47 heavy (non-hydrogen) atoms. The second kappa shape index (κ2) is 14.1. The number of nitrogens with two attached hydrogens (primary N) is 1. The van der Waals surface area contributed by atoms with Crippen LogP contribution in [0.1, 0.15) is 39.9 Å². The standard InChI is InChI=1S/C35H37N5O6S/c1-23-6-8-26(9-7-23)32(41)14-16-38-33(42)22-40(47(44,45)30-13-11-25-10-12-29(46-2)19-28(25)20-30)31-15-17-39(35(31)43)21-24-4-3-5-27(18-24)34(36)37/h3-13,18-20,31H,14-17,21-22H2,1-2H3,(H3,36,37)(H,38,42). The molecular formula is C35H37N5O6S. The first kappa shape index (κ1) is 33.3. The van der Waals surface area contributed by atoms with Crippen LogP contribution in [0.5, 0.6) is 5.75 Å². The summed E-state index contributed by atoms with van der Waals surface area (Å²) in [5.41, 5.74) is 8.42. The monoisotopic (exact) mass is 655 g/mol. The summed E-state index contributed by atoms with van der Waals surface area (Å²) in [5.74, 6) is -0.773. The number of aryl methyl sites for hydroxylation is 1. The number of amides is 2. The Morgan fingerprint density at radius 1 is 1.00 bits per heavy atom. The number of ether oxygens (including phenoxy) is 1. The number of likely N-dealkylation sites (tertiary alicyclic amines) is 1. The van der Waals surface area contributed by atoms with Crippen molar-refractivity contribution < 1.29 is 27.5 Å². The van der Waals surface area contributed by atoms with E-state index in [0.29, 0.717) is 22.3 Å². The number of nitrogen functional groups attached to an aromatic ring is 1. The van der Waals surface area contributed by atoms with Crippen LogP contribution in [0.2, 0.25) is 0 Å². The molecule has 0 saturated carbocycles. The third-order valence-corrected chi connectivity index (χ3v) is 10.1. The predicted octanol–water partition coefficient (Wildman–Crippen LogP) is 3.62. The molecule has 12 heteroatoms. The summed E-state index contributed by atoms with van der Waals surface area (Å²) >= 11 is 0. The van der Waals surface area contributed by atoms with Gasteiger partial charge in [-0.1, -0.05) is 60.2 Å². The summed E-state index contributed by atoms with van der Waals surface area (Å²) in [6.45, 7) is 1.77. The molecule has 2 amide bonds. The summed E-state index contributed by atoms with van der Waals surface area (Å²) in [4.78, 5) is 41.1. The zero-order chi connectivity index (χ0) is 33.7. The van der Waals surface area contributed by atoms with Crippen molar-refractivity contribution in [2.45, 2.75) is 37.2 Å². The number of carbonyl (C=O) groups is 3. The van der Waals surface area contributed by atoms with Gasteiger partial charge in [-0.2, -0.15) is 4.31 Å². The molecule has 0 aromatic heterocycles. The number of ketones is 1. The number of Topliss-reactive ketones (excluding diaryl/α,β-unsaturated/α-hetero) is 1. The van der Waals surface area contributed by atoms with Gasteiger partial charge >= 0.3 is 0 Å². The van der Waals surface area contributed by atoms with Crippen molar-refractivity contribution in [1.82, 2.24) is 14.5 Å². The molecule has 4 aromatic rings. The molecule has 1 fully saturated rings. The average molecular weight is 656 g/mol. The Morgan fingerprint density at radius 3 is 2.47 bits per heavy atom. The van der Waals surface area contributed by atoms with Crippen LogP contribution in [-0.2, 0) is 26.2 Å². The van der Waals surface area contributed by atoms with Crippen LogP contribution in [0, 0.1) is 12.3 Å². The molecule has 1 aliphatic heterocycles. The van der Waals surface area contributed by atoms with Gasteiger partial charge in [-0.05, 0) is 60.0 Å². The van der Waals surface area contributed by atoms with Crippen molar-refractivity contribution in [2.75, 3.05) is 26.7 Å². The number of carbonyl (C=O) groups excluding carboxylic acids is 3. The Kier molecular flexibility index (Phi) is 10.0. The molecular weight excluding hydrogens is 618 g/mol. The fourth-order valence-corrected chi connectivity index (χ4v) is 7.19. The molecule has 0 bridgehead atoms. The van der Waals surface area contributed by atoms with E-state index >= 15 is 0 Å². The molecule has 1 heterocycles. The van der Waals surface area contributed by atoms with Crippen molar-refractivity contribution in [3.05, 3.63) is 107 Å². The zero-order valence-electron chi connectivity index (χ0n) is 26.2. The highest BCUT2D eigenvalue weighted by Gasteiger charge is 2.43. The van der Waals surface area contributed by atoms with E-state index in [1.54, 1.807) is 54.6 Å². The number of amidine groups is 1. The molecule has 0 spiro atoms. The largest absolute Gasteiger partial charge is 0.497 e. The molecule has 1 saturated heterocycles. The maximum atomic E-state index is 14.2. The molecule has 0 aliphatic carbocycles. The molecule has 4 aromatic carbocycles. The molecule has 1 unspecified atom stereocenters. The number of benzene rings is 4. The van der Waals surface area contributed by atoms with Crippen molar-refractivity contribution in [2.24, 2.45) is 5.73 Å². The summed E-state index contributed by atoms with van der Waals surface area (Å²) in [6.07, 6.45) is 0.203. The number of methoxy groups -OCH3 is 1. The lowest BCUT2D eigenvalue weighted by molar-refractivity contribution is -0.131. The van der Waals surface area contributed by atoms with E-state index in [0.717, 1.165) is 20.8 Å². The van der Waals surface area contributed by atoms with Gasteiger partial charge in [0.15, 0.2) is 5.78 Å². The van der Waals surface area contributed by atoms with E-state index in [2.05, 4.69) is 5.32 Å². The highest BCUT2D eigenvalue weighted by atomic mass is 32.2. The molecule has 5 rings (SSSR count). The Hall–Kier alpha value is -5.07. The van der Waals surface area contributed by atoms with Gasteiger partial charge in [0.05, 0.1) is 18.6 Å². The minimum atomic E-state index is -4.35. The van der Waals surface area contributed by atoms with Crippen LogP contribution in [0.15, 0.2) is 89.8 Å². The minimum Gasteiger partial charge on any atom is -0.497 e. The zero-order valence-corrected chi connectivity index (χ0v) is 27.0. The Bertz CT molecular complexity index is 1940. The number of nitrogens with zero attached hydrogens (tertiary/aromatic N) is 2. The first-order valence-corrected chi connectivity index (χ1v) is 16.6. The Labute approximate surface area is 273 Å². The second-order valence-electron chi connectivity index (χ2n) is 11.5. The first-order valence-electron chi connectivity index (χ1n) is 15.1. The lowest BCUT2D eigenvalue weighted by Crippen LogP contribution is -2.49. The summed E-state index contributed by atoms with van der Waals surface area (Å²) in [7, 11) is -2.84. The summed E-state index contributed by atoms with van der Waals surface area (Å²) in [5, 5.41) is 11.8. The van der Waals surface area contributed by atoms with Gasteiger partial charge in [-0.15, -0.1) is 0 Å². The van der Waals surface area contributed by atoms with Crippen molar-refractivity contribution in [3.8, 4) is 5.75 Å². The van der Waals surface area contributed by atoms with Gasteiger partial charge in [0.2, 0.25) is 21.8 Å². The first-order chi connectivity index (χ1) is 22.5. The van der Waals surface area contributed by atoms with Gasteiger partial charge in [0, 0.05) is 37.2 Å². The Morgan fingerprint density at radius 2 is 1.74 bits per heavy atom. The van der Waals surface area contributed by atoms with Gasteiger partial charge < -0.3 is 20.7 Å². The van der Waals surface area contributed by atoms with Crippen molar-refractivity contribution >= 4 is 44.2 Å². The van der Waals surface area contributed by atoms with Crippen LogP contribution in [0.4, 0.5) is 0 Å². The summed E-state index contributed by atoms with van der Waals surface area (Å²) in [6, 6.07) is 22.9. The van der Waals surface area contributed by atoms with Gasteiger partial charge in [-0.3, -0.25) is 19.8 Å². The van der Waals surface area contributed by atoms with E-state index in [4.69, 9.17) is 15.9 Å². The number of nitrogens with one attached hydrogen (secondary N) is 2. The minimum absolute atomic E-state index is 0.00638. The molecule has 11 nitrogen and oxygen atoms in total. The van der Waals surface area contributed by atoms with Gasteiger partial charge in [0.1, 0.15) is 17.6 Å². The van der Waals surface area contributed by atoms with Gasteiger partial charge in [0.25, 0.3) is 0 Å². The van der Waals surface area contributed by atoms with Crippen LogP contribution < -0.4 is 15.8 Å². The number of rotatable bonds is 13. The molecule has 0 radical (unpaired) electrons. The smallest absolute Gasteiger partial charge is 0.244 e. The maximum absolute atomic E-state index is 14.2. The molecule has 4 N–H and O–H groups in total. The molecule has 1 aliphatic rings. The number of sulfonamides is 1. The van der Waals surface area contributed by atoms with Crippen LogP contribution >= 0.6 is 0 Å². The number of hydrogen-bond donors (Lipinski definition) is 3. The highest BCUT2D eigenvalue weighted by molar-refractivity contribution is 7.89. The van der Waals surface area contributed by atoms with Crippen LogP contribution in [0.25, 0.3) is 10.8 Å². The number of hydrogen-bond acceptors (Lipinski definition) is 7. The third-order valence-electron chi connectivity index (χ3n) is 8.20. The Balaban J connectivity index is 1.38. The lowest BCUT2D eigenvalue weighted by Gasteiger charge is -2.27. The van der Waals surface area contributed by atoms with E-state index in [-0.39, 0.29) is 49.0 Å². The highest BCUT2D eigenvalue weighted by Crippen LogP contribution is 2.29. The average Bonchev–Trinajstić information content (AvgIpc) is 3.41. The van der Waals surface area contributed by atoms with E-state index in [1.807, 2.05) is 25.1 Å². The van der Waals surface area contributed by atoms with Crippen LogP contribution in [0.3, 0.4) is 0 Å². The third kappa shape index (κ3) is 7.67. The summed E-state index contributed by atoms with van der Waals surface area (Å²) < 4.78 is 34.7. The number of fused-ring (bicyclic) bond motifs is 1. The fraction of sp³-hybridized carbons (Fsp3) is 0.257. The predicted molar refractivity (Wildman–Crippen MR) is 179 cm³/mol. The normalized spacial score (nSPS) is 14.8. The maximum Gasteiger partial charge on any atom is 0.244 e. The topological polar surface area (TPSA) is 163 Å². The second-order valence-corrected chi connectivity index (χ2v) is 13.4. The molecule has 244 valence electrons. The van der Waals surface area contributed by atoms with Crippen molar-refractivity contribution in [3.63, 3.8) is 0 Å². The van der Waals surface area contributed by atoms with E-state index in [1.165, 1.54) is 24.1 Å². The molecule has 1 atom stereocenters. The SMILES string of the molecule is COc1ccc2ccc(S(=O)(=O)N(CC(=O)NCCC(=O)c3ccc(C)cc3)C3CCN(Cc4cccc(C(=N)N)c4)C3=O)cc2c1. The van der Waals surface area contributed by atoms with E-state index < -0.39 is 34.4 Å². The fourth-order valence-electron chi connectivity index (χ4n) is 5.59. The van der Waals surface area contributed by atoms with Crippen LogP contribution in [-0.4, -0.2) is 73.8 Å². The van der Waals surface area contributed by atoms with Gasteiger partial charge in [-0.25, -0.2) is 8.42 Å². The van der Waals surface area contributed by atoms with E-state index in [9.17, 15) is 22.8 Å². The van der Waals surface area contributed by atoms with Crippen molar-refractivity contribution in [1.29, 1.82) is 5.41 Å².